The van der Waals surface area contributed by atoms with Crippen molar-refractivity contribution in [2.24, 2.45) is 5.41 Å². The summed E-state index contributed by atoms with van der Waals surface area (Å²) in [4.78, 5) is 27.8. The molecule has 1 saturated heterocycles. The van der Waals surface area contributed by atoms with Crippen molar-refractivity contribution >= 4 is 34.9 Å². The summed E-state index contributed by atoms with van der Waals surface area (Å²) in [5.74, 6) is 0.946. The lowest BCUT2D eigenvalue weighted by molar-refractivity contribution is -0.0513. The number of carboxylic acid groups (broad SMARTS) is 1. The molecule has 1 fully saturated rings. The Bertz CT molecular complexity index is 1190. The van der Waals surface area contributed by atoms with Crippen molar-refractivity contribution < 1.29 is 34.0 Å². The highest BCUT2D eigenvalue weighted by atomic mass is 35.5. The molecule has 0 bridgehead atoms. The molecule has 1 aromatic carbocycles. The van der Waals surface area contributed by atoms with Gasteiger partial charge in [-0.2, -0.15) is 0 Å². The first-order chi connectivity index (χ1) is 18.0. The summed E-state index contributed by atoms with van der Waals surface area (Å²) in [6.07, 6.45) is 1.54. The van der Waals surface area contributed by atoms with E-state index in [1.807, 2.05) is 11.0 Å². The van der Waals surface area contributed by atoms with Crippen LogP contribution in [-0.4, -0.2) is 72.6 Å². The first kappa shape index (κ1) is 28.7. The number of Topliss-reactive ketones (excluding diaryl/α,β-unsaturated/α-hetero) is 1. The Morgan fingerprint density at radius 2 is 2.00 bits per heavy atom. The lowest BCUT2D eigenvalue weighted by Gasteiger charge is -2.38. The van der Waals surface area contributed by atoms with Crippen molar-refractivity contribution in [1.82, 2.24) is 4.90 Å². The Hall–Kier alpha value is -2.33. The Kier molecular flexibility index (Phi) is 8.92. The van der Waals surface area contributed by atoms with Crippen LogP contribution in [0, 0.1) is 12.3 Å². The number of fused-ring (bicyclic) bond motifs is 1. The number of thiophene rings is 1. The zero-order valence-electron chi connectivity index (χ0n) is 22.3. The number of ether oxygens (including phenoxy) is 3. The molecule has 1 aliphatic heterocycles. The molecule has 8 nitrogen and oxygen atoms in total. The van der Waals surface area contributed by atoms with E-state index in [1.165, 1.54) is 23.1 Å². The van der Waals surface area contributed by atoms with Crippen molar-refractivity contribution in [2.45, 2.75) is 65.1 Å². The maximum absolute atomic E-state index is 13.2. The van der Waals surface area contributed by atoms with E-state index >= 15 is 0 Å². The number of hydrogen-bond acceptors (Lipinski definition) is 8. The molecule has 0 amide bonds. The van der Waals surface area contributed by atoms with Gasteiger partial charge in [0.15, 0.2) is 17.3 Å². The highest BCUT2D eigenvalue weighted by Gasteiger charge is 2.32. The molecule has 1 unspecified atom stereocenters. The number of aryl methyl sites for hydroxylation is 2. The SMILES string of the molecule is COc1cc(CCC(=O)c2sc(C)c3c2CCC(C)(C)C3)cc(Cl)c1OCC(O)CN1CC(OC(=O)O)C1. The van der Waals surface area contributed by atoms with E-state index in [-0.39, 0.29) is 23.9 Å². The van der Waals surface area contributed by atoms with Gasteiger partial charge in [0.1, 0.15) is 18.8 Å². The Labute approximate surface area is 232 Å². The van der Waals surface area contributed by atoms with Crippen LogP contribution >= 0.6 is 22.9 Å². The second kappa shape index (κ2) is 11.8. The number of hydrogen-bond donors (Lipinski definition) is 2. The van der Waals surface area contributed by atoms with Crippen molar-refractivity contribution in [2.75, 3.05) is 33.4 Å². The standard InChI is InChI=1S/C28H36ClNO7S/c1-16-21-11-28(2,3)8-7-20(21)26(38-16)23(32)6-5-17-9-22(29)25(24(10-17)35-4)36-15-18(31)12-30-13-19(14-30)37-27(33)34/h9-10,18-19,31H,5-8,11-15H2,1-4H3,(H,33,34). The third-order valence-electron chi connectivity index (χ3n) is 7.29. The molecule has 1 aliphatic carbocycles. The number of likely N-dealkylation sites (tertiary alicyclic amines) is 1. The van der Waals surface area contributed by atoms with E-state index in [0.717, 1.165) is 29.7 Å². The number of rotatable bonds is 11. The first-order valence-corrected chi connectivity index (χ1v) is 14.1. The van der Waals surface area contributed by atoms with Crippen LogP contribution in [0.3, 0.4) is 0 Å². The zero-order valence-corrected chi connectivity index (χ0v) is 23.9. The number of benzene rings is 1. The average Bonchev–Trinajstić information content (AvgIpc) is 3.14. The van der Waals surface area contributed by atoms with Crippen molar-refractivity contribution in [3.05, 3.63) is 43.6 Å². The van der Waals surface area contributed by atoms with Gasteiger partial charge in [0.05, 0.1) is 17.0 Å². The molecule has 208 valence electrons. The smallest absolute Gasteiger partial charge is 0.493 e. The van der Waals surface area contributed by atoms with Crippen molar-refractivity contribution in [3.63, 3.8) is 0 Å². The van der Waals surface area contributed by atoms with Gasteiger partial charge in [0.2, 0.25) is 0 Å². The van der Waals surface area contributed by atoms with Gasteiger partial charge < -0.3 is 24.4 Å². The largest absolute Gasteiger partial charge is 0.506 e. The van der Waals surface area contributed by atoms with E-state index in [0.29, 0.717) is 49.0 Å². The summed E-state index contributed by atoms with van der Waals surface area (Å²) in [5, 5.41) is 19.3. The fourth-order valence-corrected chi connectivity index (χ4v) is 6.70. The van der Waals surface area contributed by atoms with Crippen LogP contribution in [-0.2, 0) is 24.0 Å². The second-order valence-corrected chi connectivity index (χ2v) is 12.6. The zero-order chi connectivity index (χ0) is 27.6. The van der Waals surface area contributed by atoms with Gasteiger partial charge in [-0.3, -0.25) is 9.69 Å². The average molecular weight is 566 g/mol. The summed E-state index contributed by atoms with van der Waals surface area (Å²) in [5.41, 5.74) is 3.77. The fraction of sp³-hybridized carbons (Fsp3) is 0.571. The van der Waals surface area contributed by atoms with Gasteiger partial charge in [0.25, 0.3) is 0 Å². The Morgan fingerprint density at radius 1 is 1.26 bits per heavy atom. The molecule has 2 heterocycles. The Balaban J connectivity index is 1.32. The van der Waals surface area contributed by atoms with E-state index in [2.05, 4.69) is 25.5 Å². The van der Waals surface area contributed by atoms with Crippen molar-refractivity contribution in [1.29, 1.82) is 0 Å². The molecule has 38 heavy (non-hydrogen) atoms. The summed E-state index contributed by atoms with van der Waals surface area (Å²) in [7, 11) is 1.52. The molecule has 4 rings (SSSR count). The number of nitrogens with zero attached hydrogens (tertiary/aromatic N) is 1. The van der Waals surface area contributed by atoms with Gasteiger partial charge in [-0.25, -0.2) is 4.79 Å². The lowest BCUT2D eigenvalue weighted by atomic mass is 9.74. The third kappa shape index (κ3) is 6.81. The predicted octanol–water partition coefficient (Wildman–Crippen LogP) is 5.17. The van der Waals surface area contributed by atoms with Crippen LogP contribution in [0.5, 0.6) is 11.5 Å². The molecular formula is C28H36ClNO7S. The molecule has 10 heteroatoms. The quantitative estimate of drug-likeness (QED) is 0.284. The molecule has 0 spiro atoms. The van der Waals surface area contributed by atoms with Crippen LogP contribution in [0.4, 0.5) is 4.79 Å². The third-order valence-corrected chi connectivity index (χ3v) is 8.80. The van der Waals surface area contributed by atoms with E-state index in [4.69, 9.17) is 26.2 Å². The maximum atomic E-state index is 13.2. The van der Waals surface area contributed by atoms with Gasteiger partial charge in [-0.05, 0) is 66.8 Å². The van der Waals surface area contributed by atoms with E-state index < -0.39 is 12.3 Å². The van der Waals surface area contributed by atoms with Gasteiger partial charge in [0, 0.05) is 30.9 Å². The number of carbonyl (C=O) groups excluding carboxylic acids is 1. The number of aliphatic hydroxyl groups excluding tert-OH is 1. The number of halogens is 1. The number of carbonyl (C=O) groups is 2. The van der Waals surface area contributed by atoms with Crippen molar-refractivity contribution in [3.8, 4) is 11.5 Å². The number of β-amino-alcohol motifs (C(OH)–C–C–N with tert-alkyl or cyclic N) is 1. The lowest BCUT2D eigenvalue weighted by Crippen LogP contribution is -2.55. The fourth-order valence-electron chi connectivity index (χ4n) is 5.22. The minimum atomic E-state index is -1.29. The number of ketones is 1. The van der Waals surface area contributed by atoms with Crippen LogP contribution in [0.15, 0.2) is 12.1 Å². The molecule has 2 aromatic rings. The van der Waals surface area contributed by atoms with Gasteiger partial charge in [-0.1, -0.05) is 25.4 Å². The molecule has 2 N–H and O–H groups in total. The molecule has 0 saturated carbocycles. The van der Waals surface area contributed by atoms with Crippen LogP contribution in [0.1, 0.15) is 57.9 Å². The summed E-state index contributed by atoms with van der Waals surface area (Å²) < 4.78 is 16.0. The number of aliphatic hydroxyl groups is 1. The Morgan fingerprint density at radius 3 is 2.68 bits per heavy atom. The van der Waals surface area contributed by atoms with Gasteiger partial charge in [-0.15, -0.1) is 11.3 Å². The normalized spacial score (nSPS) is 17.8. The predicted molar refractivity (Wildman–Crippen MR) is 146 cm³/mol. The monoisotopic (exact) mass is 565 g/mol. The molecule has 0 radical (unpaired) electrons. The second-order valence-electron chi connectivity index (χ2n) is 11.0. The van der Waals surface area contributed by atoms with E-state index in [1.54, 1.807) is 17.4 Å². The molecular weight excluding hydrogens is 530 g/mol. The van der Waals surface area contributed by atoms with E-state index in [9.17, 15) is 14.7 Å². The minimum Gasteiger partial charge on any atom is -0.493 e. The maximum Gasteiger partial charge on any atom is 0.506 e. The summed E-state index contributed by atoms with van der Waals surface area (Å²) >= 11 is 8.14. The van der Waals surface area contributed by atoms with Crippen LogP contribution in [0.25, 0.3) is 0 Å². The van der Waals surface area contributed by atoms with Crippen LogP contribution < -0.4 is 9.47 Å². The number of methoxy groups -OCH3 is 1. The topological polar surface area (TPSA) is 106 Å². The molecule has 2 aliphatic rings. The van der Waals surface area contributed by atoms with Gasteiger partial charge >= 0.3 is 6.16 Å². The molecule has 1 atom stereocenters. The summed E-state index contributed by atoms with van der Waals surface area (Å²) in [6.45, 7) is 7.90. The molecule has 1 aromatic heterocycles. The first-order valence-electron chi connectivity index (χ1n) is 12.9. The minimum absolute atomic E-state index is 0.00544. The highest BCUT2D eigenvalue weighted by Crippen LogP contribution is 2.42. The summed E-state index contributed by atoms with van der Waals surface area (Å²) in [6, 6.07) is 3.60. The van der Waals surface area contributed by atoms with Crippen LogP contribution in [0.2, 0.25) is 5.02 Å². The highest BCUT2D eigenvalue weighted by molar-refractivity contribution is 7.14.